The Morgan fingerprint density at radius 3 is 2.04 bits per heavy atom. The predicted molar refractivity (Wildman–Crippen MR) is 366 cm³/mol. The number of hydrogen-bond donors (Lipinski definition) is 0. The average molecular weight is 1370 g/mol. The highest BCUT2D eigenvalue weighted by Crippen LogP contribution is 2.50. The van der Waals surface area contributed by atoms with Crippen LogP contribution in [0.25, 0.3) is 31.8 Å². The van der Waals surface area contributed by atoms with Gasteiger partial charge in [-0.05, 0) is 139 Å². The van der Waals surface area contributed by atoms with E-state index in [0.29, 0.717) is 88.9 Å². The van der Waals surface area contributed by atoms with Gasteiger partial charge in [0.2, 0.25) is 20.3 Å². The first-order valence-electron chi connectivity index (χ1n) is 31.6. The van der Waals surface area contributed by atoms with Gasteiger partial charge in [0.1, 0.15) is 70.6 Å². The number of nitrogens with zero attached hydrogens (tertiary/aromatic N) is 6. The van der Waals surface area contributed by atoms with E-state index >= 15 is 0 Å². The van der Waals surface area contributed by atoms with Crippen molar-refractivity contribution in [2.45, 2.75) is 96.2 Å². The highest BCUT2D eigenvalue weighted by atomic mass is 35.5. The summed E-state index contributed by atoms with van der Waals surface area (Å²) in [6.45, 7) is 17.4. The lowest BCUT2D eigenvalue weighted by Gasteiger charge is -2.39. The molecular formula is C73H79ClF4N6O10SSi. The highest BCUT2D eigenvalue weighted by molar-refractivity contribution is 7.22. The maximum Gasteiger partial charge on any atom is 0.392 e. The molecule has 0 aliphatic carbocycles. The molecule has 0 N–H and O–H groups in total. The summed E-state index contributed by atoms with van der Waals surface area (Å²) in [5, 5.41) is 0.591. The number of ether oxygens (including phenoxy) is 8. The average Bonchev–Trinajstić information content (AvgIpc) is 1.64. The van der Waals surface area contributed by atoms with E-state index in [1.165, 1.54) is 36.0 Å². The monoisotopic (exact) mass is 1370 g/mol. The molecule has 0 unspecified atom stereocenters. The standard InChI is InChI=1S/C73H79ClF4N6O10SSi/c1-11-88-69(85)62(42-49-41-57(94-96(9,10)71(3,4)5)29-31-60(49)90-44-54-33-35-79-70(82-54)89-40-34-72(76,77)78)93-67-64-63(66(95-68(64)81-46-80-67)48-17-23-53(75)24-18-48)59-30-32-61(65(74)47(59)2)92-58(43-84-38-36-83(6)37-39-84)45-91-73(50-15-13-12-14-16-50,51-19-25-55(86-7)26-20-51)52-21-27-56(87-8)28-22-52/h12-33,35,41,46,58,62H,11,34,36-40,42-45H2,1-10H3/t58-,62-/m1/s1. The first kappa shape index (κ1) is 70.4. The largest absolute Gasteiger partial charge is 0.543 e. The lowest BCUT2D eigenvalue weighted by atomic mass is 9.80. The molecule has 1 aliphatic rings. The van der Waals surface area contributed by atoms with E-state index in [1.54, 1.807) is 57.5 Å². The van der Waals surface area contributed by atoms with Crippen molar-refractivity contribution in [3.8, 4) is 62.2 Å². The van der Waals surface area contributed by atoms with Crippen LogP contribution < -0.4 is 32.8 Å². The Kier molecular flexibility index (Phi) is 22.6. The molecule has 0 amide bonds. The maximum absolute atomic E-state index is 14.8. The molecule has 0 radical (unpaired) electrons. The number of halogens is 5. The van der Waals surface area contributed by atoms with Crippen molar-refractivity contribution in [3.63, 3.8) is 0 Å². The van der Waals surface area contributed by atoms with E-state index in [9.17, 15) is 22.4 Å². The number of rotatable bonds is 28. The summed E-state index contributed by atoms with van der Waals surface area (Å²) in [6, 6.07) is 42.4. The third-order valence-electron chi connectivity index (χ3n) is 17.3. The molecule has 16 nitrogen and oxygen atoms in total. The lowest BCUT2D eigenvalue weighted by Crippen LogP contribution is -2.49. The summed E-state index contributed by atoms with van der Waals surface area (Å²) in [5.74, 6) is 1.57. The number of thiophene rings is 1. The quantitative estimate of drug-likeness (QED) is 0.0197. The number of carbonyl (C=O) groups is 1. The van der Waals surface area contributed by atoms with Gasteiger partial charge in [0.15, 0.2) is 0 Å². The molecule has 4 heterocycles. The van der Waals surface area contributed by atoms with Gasteiger partial charge in [0.25, 0.3) is 0 Å². The minimum Gasteiger partial charge on any atom is -0.543 e. The summed E-state index contributed by atoms with van der Waals surface area (Å²) >= 11 is 9.00. The number of alkyl halides is 3. The Morgan fingerprint density at radius 2 is 1.41 bits per heavy atom. The summed E-state index contributed by atoms with van der Waals surface area (Å²) in [4.78, 5) is 38.1. The smallest absolute Gasteiger partial charge is 0.392 e. The van der Waals surface area contributed by atoms with Gasteiger partial charge in [0, 0.05) is 61.3 Å². The van der Waals surface area contributed by atoms with E-state index in [0.717, 1.165) is 42.9 Å². The number of esters is 1. The Morgan fingerprint density at radius 1 is 0.760 bits per heavy atom. The van der Waals surface area contributed by atoms with Gasteiger partial charge in [-0.3, -0.25) is 4.90 Å². The van der Waals surface area contributed by atoms with Gasteiger partial charge in [0.05, 0.1) is 50.0 Å². The van der Waals surface area contributed by atoms with Crippen LogP contribution in [-0.4, -0.2) is 136 Å². The van der Waals surface area contributed by atoms with Gasteiger partial charge >= 0.3 is 18.2 Å². The number of likely N-dealkylation sites (N-methyl/N-ethyl adjacent to an activating group) is 1. The second kappa shape index (κ2) is 30.8. The summed E-state index contributed by atoms with van der Waals surface area (Å²) in [6.07, 6.45) is -4.95. The maximum atomic E-state index is 14.8. The fraction of sp³-hybridized carbons (Fsp3) is 0.356. The number of aromatic nitrogens is 4. The van der Waals surface area contributed by atoms with Crippen LogP contribution in [0.1, 0.15) is 67.6 Å². The van der Waals surface area contributed by atoms with E-state index in [1.807, 2.05) is 85.8 Å². The van der Waals surface area contributed by atoms with E-state index in [4.69, 9.17) is 63.9 Å². The fourth-order valence-electron chi connectivity index (χ4n) is 11.0. The fourth-order valence-corrected chi connectivity index (χ4v) is 13.4. The molecule has 0 bridgehead atoms. The van der Waals surface area contributed by atoms with E-state index in [-0.39, 0.29) is 43.2 Å². The first-order valence-corrected chi connectivity index (χ1v) is 35.7. The van der Waals surface area contributed by atoms with Crippen LogP contribution in [-0.2, 0) is 32.9 Å². The van der Waals surface area contributed by atoms with Crippen molar-refractivity contribution in [2.24, 2.45) is 0 Å². The van der Waals surface area contributed by atoms with Crippen molar-refractivity contribution < 1.29 is 64.7 Å². The Hall–Kier alpha value is -8.38. The number of benzene rings is 6. The molecular weight excluding hydrogens is 1290 g/mol. The molecule has 506 valence electrons. The summed E-state index contributed by atoms with van der Waals surface area (Å²) < 4.78 is 111. The zero-order chi connectivity index (χ0) is 68.4. The number of carbonyl (C=O) groups excluding carboxylic acids is 1. The third kappa shape index (κ3) is 16.9. The van der Waals surface area contributed by atoms with Crippen LogP contribution in [0.5, 0.6) is 40.6 Å². The van der Waals surface area contributed by atoms with Gasteiger partial charge in [-0.1, -0.05) is 105 Å². The number of methoxy groups -OCH3 is 2. The van der Waals surface area contributed by atoms with Crippen LogP contribution in [0.3, 0.4) is 0 Å². The Bertz CT molecular complexity index is 4040. The van der Waals surface area contributed by atoms with Gasteiger partial charge in [-0.25, -0.2) is 24.1 Å². The van der Waals surface area contributed by atoms with Crippen molar-refractivity contribution in [1.29, 1.82) is 0 Å². The van der Waals surface area contributed by atoms with Crippen LogP contribution in [0.4, 0.5) is 17.6 Å². The normalized spacial score (nSPS) is 14.0. The zero-order valence-corrected chi connectivity index (χ0v) is 58.0. The predicted octanol–water partition coefficient (Wildman–Crippen LogP) is 15.8. The molecule has 6 aromatic carbocycles. The van der Waals surface area contributed by atoms with Gasteiger partial charge in [-0.2, -0.15) is 18.2 Å². The topological polar surface area (TPSA) is 158 Å². The van der Waals surface area contributed by atoms with E-state index in [2.05, 4.69) is 72.8 Å². The Labute approximate surface area is 567 Å². The van der Waals surface area contributed by atoms with Crippen LogP contribution in [0.15, 0.2) is 152 Å². The molecule has 0 saturated carbocycles. The van der Waals surface area contributed by atoms with Gasteiger partial charge in [-0.15, -0.1) is 11.3 Å². The third-order valence-corrected chi connectivity index (χ3v) is 23.3. The highest BCUT2D eigenvalue weighted by Gasteiger charge is 2.41. The van der Waals surface area contributed by atoms with Crippen LogP contribution in [0.2, 0.25) is 23.2 Å². The minimum atomic E-state index is -4.43. The number of fused-ring (bicyclic) bond motifs is 1. The molecule has 1 fully saturated rings. The molecule has 10 rings (SSSR count). The summed E-state index contributed by atoms with van der Waals surface area (Å²) in [7, 11) is 2.95. The molecule has 23 heteroatoms. The van der Waals surface area contributed by atoms with Gasteiger partial charge < -0.3 is 47.2 Å². The summed E-state index contributed by atoms with van der Waals surface area (Å²) in [5.41, 5.74) is 4.84. The van der Waals surface area contributed by atoms with Crippen molar-refractivity contribution in [2.75, 3.05) is 73.8 Å². The molecule has 2 atom stereocenters. The second-order valence-electron chi connectivity index (χ2n) is 24.9. The molecule has 1 aliphatic heterocycles. The minimum absolute atomic E-state index is 0.0168. The van der Waals surface area contributed by atoms with E-state index < -0.39 is 57.1 Å². The number of piperazine rings is 1. The molecule has 9 aromatic rings. The lowest BCUT2D eigenvalue weighted by molar-refractivity contribution is -0.151. The first-order chi connectivity index (χ1) is 45.9. The SMILES string of the molecule is CCOC(=O)[C@@H](Cc1cc(O[Si](C)(C)C(C)(C)C)ccc1OCc1ccnc(OCCC(F)(F)F)n1)Oc1ncnc2sc(-c3ccc(F)cc3)c(-c3ccc(O[C@@H](COC(c4ccccc4)(c4ccc(OC)cc4)c4ccc(OC)cc4)CN4CCN(C)CC4)c(Cl)c3C)c12. The Balaban J connectivity index is 1.03. The van der Waals surface area contributed by atoms with Crippen molar-refractivity contribution in [1.82, 2.24) is 29.7 Å². The van der Waals surface area contributed by atoms with Crippen LogP contribution in [0, 0.1) is 12.7 Å². The molecule has 1 saturated heterocycles. The van der Waals surface area contributed by atoms with Crippen molar-refractivity contribution >= 4 is 47.4 Å². The van der Waals surface area contributed by atoms with Crippen LogP contribution >= 0.6 is 22.9 Å². The van der Waals surface area contributed by atoms with Crippen molar-refractivity contribution in [3.05, 3.63) is 196 Å². The molecule has 96 heavy (non-hydrogen) atoms. The molecule has 0 spiro atoms. The zero-order valence-electron chi connectivity index (χ0n) is 55.4. The second-order valence-corrected chi connectivity index (χ2v) is 31.0. The molecule has 3 aromatic heterocycles. The number of hydrogen-bond acceptors (Lipinski definition) is 17.